The number of carboxylic acids is 1. The maximum absolute atomic E-state index is 12.5. The number of thioether (sulfide) groups is 1. The number of carbonyl (C=O) groups excluding carboxylic acids is 1. The average molecular weight is 352 g/mol. The highest BCUT2D eigenvalue weighted by atomic mass is 32.2. The van der Waals surface area contributed by atoms with Gasteiger partial charge in [-0.15, -0.1) is 11.8 Å². The molecule has 8 nitrogen and oxygen atoms in total. The molecule has 0 aromatic heterocycles. The number of rotatable bonds is 6. The van der Waals surface area contributed by atoms with Gasteiger partial charge in [-0.2, -0.15) is 0 Å². The SMILES string of the molecule is O=C(O)CO/N=C(/C(=O)NC1CC=CCOB1O)C1=CC=CSC1. The van der Waals surface area contributed by atoms with Crippen molar-refractivity contribution in [1.29, 1.82) is 0 Å². The zero-order valence-corrected chi connectivity index (χ0v) is 13.6. The van der Waals surface area contributed by atoms with Crippen LogP contribution in [0.5, 0.6) is 0 Å². The Hall–Kier alpha value is -2.04. The van der Waals surface area contributed by atoms with Crippen molar-refractivity contribution in [2.24, 2.45) is 5.16 Å². The number of carboxylic acid groups (broad SMARTS) is 1. The highest BCUT2D eigenvalue weighted by Gasteiger charge is 2.31. The summed E-state index contributed by atoms with van der Waals surface area (Å²) in [6.07, 6.45) is 7.43. The van der Waals surface area contributed by atoms with E-state index in [2.05, 4.69) is 10.5 Å². The molecule has 24 heavy (non-hydrogen) atoms. The molecule has 0 aromatic carbocycles. The second-order valence-corrected chi connectivity index (χ2v) is 5.84. The molecule has 3 N–H and O–H groups in total. The Morgan fingerprint density at radius 2 is 2.33 bits per heavy atom. The van der Waals surface area contributed by atoms with E-state index in [0.29, 0.717) is 17.7 Å². The third-order valence-electron chi connectivity index (χ3n) is 3.15. The largest absolute Gasteiger partial charge is 0.479 e. The van der Waals surface area contributed by atoms with Crippen LogP contribution < -0.4 is 5.32 Å². The lowest BCUT2D eigenvalue weighted by Gasteiger charge is -2.19. The average Bonchev–Trinajstić information content (AvgIpc) is 2.77. The van der Waals surface area contributed by atoms with Crippen molar-refractivity contribution >= 4 is 36.5 Å². The van der Waals surface area contributed by atoms with Gasteiger partial charge in [-0.1, -0.05) is 29.5 Å². The minimum absolute atomic E-state index is 0.0199. The number of nitrogens with zero attached hydrogens (tertiary/aromatic N) is 1. The number of hydrogen-bond acceptors (Lipinski definition) is 7. The summed E-state index contributed by atoms with van der Waals surface area (Å²) in [6, 6.07) is 0. The molecule has 0 fully saturated rings. The molecule has 0 saturated carbocycles. The van der Waals surface area contributed by atoms with E-state index in [0.717, 1.165) is 0 Å². The summed E-state index contributed by atoms with van der Waals surface area (Å²) in [7, 11) is -1.14. The Morgan fingerprint density at radius 3 is 3.04 bits per heavy atom. The van der Waals surface area contributed by atoms with Crippen LogP contribution in [0.3, 0.4) is 0 Å². The summed E-state index contributed by atoms with van der Waals surface area (Å²) in [5.74, 6) is -1.88. The summed E-state index contributed by atoms with van der Waals surface area (Å²) in [5, 5.41) is 26.7. The van der Waals surface area contributed by atoms with E-state index < -0.39 is 31.5 Å². The molecule has 0 spiro atoms. The molecule has 0 aliphatic carbocycles. The van der Waals surface area contributed by atoms with Gasteiger partial charge in [0, 0.05) is 12.4 Å². The van der Waals surface area contributed by atoms with E-state index >= 15 is 0 Å². The second kappa shape index (κ2) is 9.31. The summed E-state index contributed by atoms with van der Waals surface area (Å²) >= 11 is 1.47. The highest BCUT2D eigenvalue weighted by molar-refractivity contribution is 8.02. The molecule has 1 amide bonds. The number of aliphatic carboxylic acids is 1. The van der Waals surface area contributed by atoms with Crippen molar-refractivity contribution in [1.82, 2.24) is 5.32 Å². The molecule has 0 saturated heterocycles. The molecule has 0 aromatic rings. The molecule has 10 heteroatoms. The zero-order chi connectivity index (χ0) is 17.4. The molecule has 2 aliphatic rings. The molecule has 2 rings (SSSR count). The van der Waals surface area contributed by atoms with Crippen LogP contribution in [-0.2, 0) is 19.1 Å². The summed E-state index contributed by atoms with van der Waals surface area (Å²) in [4.78, 5) is 27.8. The standard InChI is InChI=1S/C14H17BN2O6S/c18-12(19)8-23-17-13(10-4-3-7-24-9-10)14(20)16-11-5-1-2-6-22-15(11)21/h1-4,7,11,21H,5-6,8-9H2,(H,16,20)(H,18,19)/b17-13+. The Balaban J connectivity index is 2.11. The topological polar surface area (TPSA) is 117 Å². The lowest BCUT2D eigenvalue weighted by molar-refractivity contribution is -0.142. The van der Waals surface area contributed by atoms with Crippen LogP contribution in [0.2, 0.25) is 0 Å². The van der Waals surface area contributed by atoms with Gasteiger partial charge >= 0.3 is 13.1 Å². The first-order valence-electron chi connectivity index (χ1n) is 7.23. The van der Waals surface area contributed by atoms with Gasteiger partial charge in [-0.3, -0.25) is 4.79 Å². The predicted octanol–water partition coefficient (Wildman–Crippen LogP) is 0.112. The zero-order valence-electron chi connectivity index (χ0n) is 12.8. The molecule has 2 aliphatic heterocycles. The van der Waals surface area contributed by atoms with Crippen LogP contribution in [0.1, 0.15) is 6.42 Å². The molecule has 128 valence electrons. The Morgan fingerprint density at radius 1 is 1.50 bits per heavy atom. The predicted molar refractivity (Wildman–Crippen MR) is 90.3 cm³/mol. The fraction of sp³-hybridized carbons (Fsp3) is 0.357. The van der Waals surface area contributed by atoms with Crippen LogP contribution in [-0.4, -0.2) is 59.7 Å². The third kappa shape index (κ3) is 5.55. The minimum Gasteiger partial charge on any atom is -0.479 e. The van der Waals surface area contributed by atoms with Crippen LogP contribution in [0.15, 0.2) is 40.4 Å². The number of oxime groups is 1. The van der Waals surface area contributed by atoms with E-state index in [1.807, 2.05) is 5.41 Å². The number of allylic oxidation sites excluding steroid dienone is 2. The lowest BCUT2D eigenvalue weighted by atomic mass is 9.77. The molecular weight excluding hydrogens is 335 g/mol. The third-order valence-corrected chi connectivity index (χ3v) is 3.98. The first-order valence-corrected chi connectivity index (χ1v) is 8.27. The highest BCUT2D eigenvalue weighted by Crippen LogP contribution is 2.17. The Labute approximate surface area is 143 Å². The van der Waals surface area contributed by atoms with Gasteiger partial charge in [0.2, 0.25) is 6.61 Å². The van der Waals surface area contributed by atoms with Gasteiger partial charge < -0.3 is 24.9 Å². The van der Waals surface area contributed by atoms with Gasteiger partial charge in [0.25, 0.3) is 5.91 Å². The molecule has 1 atom stereocenters. The molecule has 1 unspecified atom stereocenters. The van der Waals surface area contributed by atoms with Crippen LogP contribution >= 0.6 is 11.8 Å². The second-order valence-electron chi connectivity index (χ2n) is 4.95. The van der Waals surface area contributed by atoms with Crippen molar-refractivity contribution < 1.29 is 29.2 Å². The normalized spacial score (nSPS) is 21.0. The van der Waals surface area contributed by atoms with E-state index in [1.165, 1.54) is 11.8 Å². The summed E-state index contributed by atoms with van der Waals surface area (Å²) in [6.45, 7) is -0.381. The van der Waals surface area contributed by atoms with E-state index in [9.17, 15) is 14.6 Å². The Bertz CT molecular complexity index is 604. The first kappa shape index (κ1) is 18.3. The smallest absolute Gasteiger partial charge is 0.478 e. The number of hydrogen-bond donors (Lipinski definition) is 3. The maximum atomic E-state index is 12.5. The van der Waals surface area contributed by atoms with Gasteiger partial charge in [0.1, 0.15) is 0 Å². The first-order chi connectivity index (χ1) is 11.6. The van der Waals surface area contributed by atoms with Crippen LogP contribution in [0.25, 0.3) is 0 Å². The van der Waals surface area contributed by atoms with Gasteiger partial charge in [0.15, 0.2) is 5.71 Å². The van der Waals surface area contributed by atoms with Crippen molar-refractivity contribution in [2.45, 2.75) is 12.4 Å². The van der Waals surface area contributed by atoms with E-state index in [1.54, 1.807) is 24.3 Å². The minimum atomic E-state index is -1.19. The molecular formula is C14H17BN2O6S. The van der Waals surface area contributed by atoms with E-state index in [-0.39, 0.29) is 12.3 Å². The summed E-state index contributed by atoms with van der Waals surface area (Å²) in [5.41, 5.74) is 0.582. The van der Waals surface area contributed by atoms with Crippen molar-refractivity contribution in [2.75, 3.05) is 19.0 Å². The molecule has 0 bridgehead atoms. The fourth-order valence-electron chi connectivity index (χ4n) is 2.01. The fourth-order valence-corrected chi connectivity index (χ4v) is 2.71. The van der Waals surface area contributed by atoms with Crippen molar-refractivity contribution in [3.05, 3.63) is 35.3 Å². The molecule has 2 heterocycles. The monoisotopic (exact) mass is 352 g/mol. The van der Waals surface area contributed by atoms with Gasteiger partial charge in [-0.05, 0) is 17.4 Å². The van der Waals surface area contributed by atoms with Crippen LogP contribution in [0, 0.1) is 0 Å². The van der Waals surface area contributed by atoms with E-state index in [4.69, 9.17) is 14.6 Å². The van der Waals surface area contributed by atoms with Crippen LogP contribution in [0.4, 0.5) is 0 Å². The summed E-state index contributed by atoms with van der Waals surface area (Å²) < 4.78 is 5.13. The molecule has 0 radical (unpaired) electrons. The quantitative estimate of drug-likeness (QED) is 0.269. The lowest BCUT2D eigenvalue weighted by Crippen LogP contribution is -2.49. The van der Waals surface area contributed by atoms with Gasteiger partial charge in [-0.25, -0.2) is 4.79 Å². The van der Waals surface area contributed by atoms with Crippen molar-refractivity contribution in [3.63, 3.8) is 0 Å². The Kier molecular flexibility index (Phi) is 7.10. The number of amides is 1. The van der Waals surface area contributed by atoms with Gasteiger partial charge in [0.05, 0.1) is 5.94 Å². The number of nitrogens with one attached hydrogen (secondary N) is 1. The van der Waals surface area contributed by atoms with Crippen molar-refractivity contribution in [3.8, 4) is 0 Å². The number of carbonyl (C=O) groups is 2. The maximum Gasteiger partial charge on any atom is 0.478 e.